The number of likely N-dealkylation sites (tertiary alicyclic amines) is 1. The lowest BCUT2D eigenvalue weighted by atomic mass is 10.0. The number of rotatable bonds is 5. The smallest absolute Gasteiger partial charge is 0.410 e. The molecule has 4 rings (SSSR count). The summed E-state index contributed by atoms with van der Waals surface area (Å²) in [5, 5.41) is 5.42. The average molecular weight is 528 g/mol. The molecule has 0 aliphatic carbocycles. The highest BCUT2D eigenvalue weighted by molar-refractivity contribution is 6.34. The minimum absolute atomic E-state index is 0.0857. The molecular weight excluding hydrogens is 490 g/mol. The first-order valence-corrected chi connectivity index (χ1v) is 13.2. The van der Waals surface area contributed by atoms with Crippen molar-refractivity contribution in [3.05, 3.63) is 69.6 Å². The maximum Gasteiger partial charge on any atom is 0.410 e. The number of carbonyl (C=O) groups is 1. The van der Waals surface area contributed by atoms with Gasteiger partial charge in [0.05, 0.1) is 24.4 Å². The van der Waals surface area contributed by atoms with Gasteiger partial charge in [-0.05, 0) is 74.9 Å². The van der Waals surface area contributed by atoms with Gasteiger partial charge in [-0.25, -0.2) is 4.79 Å². The summed E-state index contributed by atoms with van der Waals surface area (Å²) in [5.74, 6) is 0.780. The van der Waals surface area contributed by atoms with Crippen LogP contribution >= 0.6 is 11.6 Å². The Labute approximate surface area is 224 Å². The number of nitrogens with one attached hydrogen (secondary N) is 1. The molecule has 7 nitrogen and oxygen atoms in total. The number of carbonyl (C=O) groups excluding carboxylic acids is 1. The van der Waals surface area contributed by atoms with Gasteiger partial charge in [0.15, 0.2) is 0 Å². The van der Waals surface area contributed by atoms with E-state index in [9.17, 15) is 9.59 Å². The van der Waals surface area contributed by atoms with E-state index >= 15 is 0 Å². The first-order valence-electron chi connectivity index (χ1n) is 12.8. The van der Waals surface area contributed by atoms with Gasteiger partial charge in [0.25, 0.3) is 5.56 Å². The maximum absolute atomic E-state index is 13.1. The molecule has 0 bridgehead atoms. The summed E-state index contributed by atoms with van der Waals surface area (Å²) in [6.07, 6.45) is 3.12. The molecule has 200 valence electrons. The van der Waals surface area contributed by atoms with Crippen LogP contribution in [0.4, 0.5) is 10.5 Å². The number of halogens is 1. The third-order valence-electron chi connectivity index (χ3n) is 6.08. The highest BCUT2D eigenvalue weighted by atomic mass is 35.5. The molecule has 37 heavy (non-hydrogen) atoms. The molecule has 2 heterocycles. The SMILES string of the molecule is CC.COc1ccc(Cn2ccc3cc(NC4CCN(C(=O)OC(C)(C)C)CC4)c(Cl)cc3c2=O)cc1. The summed E-state index contributed by atoms with van der Waals surface area (Å²) in [5.41, 5.74) is 1.21. The lowest BCUT2D eigenvalue weighted by molar-refractivity contribution is 0.0210. The number of hydrogen-bond acceptors (Lipinski definition) is 5. The van der Waals surface area contributed by atoms with Crippen LogP contribution in [0.1, 0.15) is 53.0 Å². The molecule has 1 aliphatic heterocycles. The fraction of sp³-hybridized carbons (Fsp3) is 0.448. The van der Waals surface area contributed by atoms with E-state index < -0.39 is 5.60 Å². The van der Waals surface area contributed by atoms with Crippen molar-refractivity contribution in [3.63, 3.8) is 0 Å². The van der Waals surface area contributed by atoms with E-state index in [1.165, 1.54) is 0 Å². The third kappa shape index (κ3) is 7.41. The summed E-state index contributed by atoms with van der Waals surface area (Å²) < 4.78 is 12.4. The second kappa shape index (κ2) is 12.4. The standard InChI is InChI=1S/C27H32ClN3O4.C2H6/c1-27(2,3)35-26(33)30-13-10-20(11-14-30)29-24-15-19-9-12-31(25(32)22(19)16-23(24)28)17-18-5-7-21(34-4)8-6-18;1-2/h5-9,12,15-16,20,29H,10-11,13-14,17H2,1-4H3;1-2H3. The molecule has 0 saturated carbocycles. The number of aromatic nitrogens is 1. The van der Waals surface area contributed by atoms with Crippen LogP contribution in [0.25, 0.3) is 10.8 Å². The van der Waals surface area contributed by atoms with E-state index in [0.717, 1.165) is 35.2 Å². The Morgan fingerprint density at radius 2 is 1.73 bits per heavy atom. The Morgan fingerprint density at radius 1 is 1.08 bits per heavy atom. The highest BCUT2D eigenvalue weighted by Gasteiger charge is 2.27. The molecule has 1 saturated heterocycles. The van der Waals surface area contributed by atoms with Crippen LogP contribution < -0.4 is 15.6 Å². The van der Waals surface area contributed by atoms with Crippen LogP contribution in [0.3, 0.4) is 0 Å². The predicted octanol–water partition coefficient (Wildman–Crippen LogP) is 6.55. The van der Waals surface area contributed by atoms with Gasteiger partial charge in [-0.1, -0.05) is 37.6 Å². The number of methoxy groups -OCH3 is 1. The van der Waals surface area contributed by atoms with Crippen molar-refractivity contribution in [1.82, 2.24) is 9.47 Å². The molecule has 1 fully saturated rings. The molecule has 0 radical (unpaired) electrons. The van der Waals surface area contributed by atoms with Crippen molar-refractivity contribution in [2.24, 2.45) is 0 Å². The largest absolute Gasteiger partial charge is 0.497 e. The first-order chi connectivity index (χ1) is 17.6. The first kappa shape index (κ1) is 28.4. The number of benzene rings is 2. The summed E-state index contributed by atoms with van der Waals surface area (Å²) in [7, 11) is 1.63. The lowest BCUT2D eigenvalue weighted by Gasteiger charge is -2.34. The van der Waals surface area contributed by atoms with Crippen LogP contribution in [-0.2, 0) is 11.3 Å². The number of ether oxygens (including phenoxy) is 2. The number of fused-ring (bicyclic) bond motifs is 1. The van der Waals surface area contributed by atoms with E-state index in [1.807, 2.05) is 77.2 Å². The van der Waals surface area contributed by atoms with Gasteiger partial charge in [-0.3, -0.25) is 4.79 Å². The van der Waals surface area contributed by atoms with E-state index in [-0.39, 0.29) is 17.7 Å². The fourth-order valence-corrected chi connectivity index (χ4v) is 4.44. The molecule has 0 spiro atoms. The number of hydrogen-bond donors (Lipinski definition) is 1. The summed E-state index contributed by atoms with van der Waals surface area (Å²) in [4.78, 5) is 27.2. The highest BCUT2D eigenvalue weighted by Crippen LogP contribution is 2.29. The van der Waals surface area contributed by atoms with Crippen molar-refractivity contribution in [1.29, 1.82) is 0 Å². The second-order valence-corrected chi connectivity index (χ2v) is 10.3. The van der Waals surface area contributed by atoms with Gasteiger partial charge in [0, 0.05) is 30.7 Å². The van der Waals surface area contributed by atoms with Crippen molar-refractivity contribution < 1.29 is 14.3 Å². The number of anilines is 1. The van der Waals surface area contributed by atoms with Gasteiger partial charge < -0.3 is 24.3 Å². The van der Waals surface area contributed by atoms with Gasteiger partial charge in [-0.2, -0.15) is 0 Å². The van der Waals surface area contributed by atoms with Gasteiger partial charge in [-0.15, -0.1) is 0 Å². The molecule has 3 aromatic rings. The summed E-state index contributed by atoms with van der Waals surface area (Å²) >= 11 is 6.58. The Hall–Kier alpha value is -3.19. The lowest BCUT2D eigenvalue weighted by Crippen LogP contribution is -2.44. The zero-order valence-corrected chi connectivity index (χ0v) is 23.4. The zero-order chi connectivity index (χ0) is 27.2. The predicted molar refractivity (Wildman–Crippen MR) is 151 cm³/mol. The molecule has 0 atom stereocenters. The zero-order valence-electron chi connectivity index (χ0n) is 22.6. The molecule has 1 N–H and O–H groups in total. The number of nitrogens with zero attached hydrogens (tertiary/aromatic N) is 2. The fourth-order valence-electron chi connectivity index (χ4n) is 4.22. The van der Waals surface area contributed by atoms with Gasteiger partial charge >= 0.3 is 6.09 Å². The summed E-state index contributed by atoms with van der Waals surface area (Å²) in [6.45, 7) is 11.3. The number of amides is 1. The molecule has 0 unspecified atom stereocenters. The molecule has 8 heteroatoms. The van der Waals surface area contributed by atoms with Crippen LogP contribution in [-0.4, -0.2) is 47.4 Å². The number of piperidine rings is 1. The van der Waals surface area contributed by atoms with E-state index in [2.05, 4.69) is 5.32 Å². The average Bonchev–Trinajstić information content (AvgIpc) is 2.88. The quantitative estimate of drug-likeness (QED) is 0.407. The van der Waals surface area contributed by atoms with Crippen molar-refractivity contribution in [2.45, 2.75) is 65.6 Å². The van der Waals surface area contributed by atoms with Crippen LogP contribution in [0.2, 0.25) is 5.02 Å². The summed E-state index contributed by atoms with van der Waals surface area (Å²) in [6, 6.07) is 13.4. The normalized spacial score (nSPS) is 14.1. The van der Waals surface area contributed by atoms with Crippen LogP contribution in [0.5, 0.6) is 5.75 Å². The van der Waals surface area contributed by atoms with Gasteiger partial charge in [0.1, 0.15) is 11.4 Å². The topological polar surface area (TPSA) is 72.8 Å². The third-order valence-corrected chi connectivity index (χ3v) is 6.40. The minimum atomic E-state index is -0.502. The van der Waals surface area contributed by atoms with Crippen LogP contribution in [0.15, 0.2) is 53.5 Å². The van der Waals surface area contributed by atoms with Crippen molar-refractivity contribution in [3.8, 4) is 5.75 Å². The Bertz CT molecular complexity index is 1260. The van der Waals surface area contributed by atoms with E-state index in [0.29, 0.717) is 30.0 Å². The van der Waals surface area contributed by atoms with Gasteiger partial charge in [0.2, 0.25) is 0 Å². The Morgan fingerprint density at radius 3 is 2.32 bits per heavy atom. The number of pyridine rings is 1. The Kier molecular flexibility index (Phi) is 9.49. The van der Waals surface area contributed by atoms with E-state index in [4.69, 9.17) is 21.1 Å². The molecule has 2 aromatic carbocycles. The maximum atomic E-state index is 13.1. The van der Waals surface area contributed by atoms with Crippen LogP contribution in [0, 0.1) is 0 Å². The Balaban J connectivity index is 0.00000186. The molecule has 1 amide bonds. The van der Waals surface area contributed by atoms with Crippen molar-refractivity contribution in [2.75, 3.05) is 25.5 Å². The monoisotopic (exact) mass is 527 g/mol. The van der Waals surface area contributed by atoms with Crippen molar-refractivity contribution >= 4 is 34.2 Å². The molecule has 1 aliphatic rings. The van der Waals surface area contributed by atoms with E-state index in [1.54, 1.807) is 22.6 Å². The molecular formula is C29H38ClN3O4. The minimum Gasteiger partial charge on any atom is -0.497 e. The molecule has 1 aromatic heterocycles. The second-order valence-electron chi connectivity index (χ2n) is 9.90.